The molecule has 1 aromatic carbocycles. The normalized spacial score (nSPS) is 17.2. The van der Waals surface area contributed by atoms with Gasteiger partial charge >= 0.3 is 0 Å². The van der Waals surface area contributed by atoms with Crippen molar-refractivity contribution >= 4 is 10.9 Å². The highest BCUT2D eigenvalue weighted by Crippen LogP contribution is 2.34. The Balaban J connectivity index is 2.09. The second-order valence-electron chi connectivity index (χ2n) is 5.14. The van der Waals surface area contributed by atoms with E-state index >= 15 is 0 Å². The number of aromatic amines is 1. The smallest absolute Gasteiger partial charge is 0.119 e. The zero-order valence-corrected chi connectivity index (χ0v) is 11.0. The van der Waals surface area contributed by atoms with Gasteiger partial charge in [0.15, 0.2) is 0 Å². The number of fused-ring (bicyclic) bond motifs is 1. The Morgan fingerprint density at radius 2 is 2.00 bits per heavy atom. The van der Waals surface area contributed by atoms with Crippen molar-refractivity contribution < 1.29 is 4.74 Å². The van der Waals surface area contributed by atoms with Crippen molar-refractivity contribution in [3.63, 3.8) is 0 Å². The standard InChI is InChI=1S/C15H20N2O/c1-10-7-12(18-2)8-13-14(9-17-15(10)13)11-3-5-16-6-4-11/h7-9,11,16-17H,3-6H2,1-2H3. The Kier molecular flexibility index (Phi) is 3.00. The van der Waals surface area contributed by atoms with E-state index in [0.717, 1.165) is 18.8 Å². The van der Waals surface area contributed by atoms with E-state index in [1.165, 1.54) is 34.9 Å². The van der Waals surface area contributed by atoms with Crippen LogP contribution in [0, 0.1) is 6.92 Å². The van der Waals surface area contributed by atoms with Crippen molar-refractivity contribution in [1.29, 1.82) is 0 Å². The molecule has 0 aliphatic carbocycles. The highest BCUT2D eigenvalue weighted by molar-refractivity contribution is 5.88. The van der Waals surface area contributed by atoms with E-state index in [2.05, 4.69) is 35.6 Å². The van der Waals surface area contributed by atoms with Gasteiger partial charge in [-0.1, -0.05) is 0 Å². The number of ether oxygens (including phenoxy) is 1. The second-order valence-corrected chi connectivity index (χ2v) is 5.14. The third kappa shape index (κ3) is 1.89. The van der Waals surface area contributed by atoms with E-state index in [0.29, 0.717) is 5.92 Å². The summed E-state index contributed by atoms with van der Waals surface area (Å²) in [5.74, 6) is 1.63. The number of methoxy groups -OCH3 is 1. The summed E-state index contributed by atoms with van der Waals surface area (Å²) in [6.07, 6.45) is 4.64. The van der Waals surface area contributed by atoms with Crippen LogP contribution < -0.4 is 10.1 Å². The minimum absolute atomic E-state index is 0.673. The molecule has 1 saturated heterocycles. The monoisotopic (exact) mass is 244 g/mol. The summed E-state index contributed by atoms with van der Waals surface area (Å²) in [6.45, 7) is 4.38. The number of aromatic nitrogens is 1. The molecule has 2 aromatic rings. The van der Waals surface area contributed by atoms with Crippen LogP contribution in [-0.2, 0) is 0 Å². The molecule has 2 N–H and O–H groups in total. The Morgan fingerprint density at radius 1 is 1.22 bits per heavy atom. The largest absolute Gasteiger partial charge is 0.497 e. The van der Waals surface area contributed by atoms with Gasteiger partial charge in [0, 0.05) is 17.1 Å². The fourth-order valence-corrected chi connectivity index (χ4v) is 2.99. The number of hydrogen-bond donors (Lipinski definition) is 2. The van der Waals surface area contributed by atoms with Crippen molar-refractivity contribution in [3.8, 4) is 5.75 Å². The molecule has 0 bridgehead atoms. The van der Waals surface area contributed by atoms with E-state index in [9.17, 15) is 0 Å². The van der Waals surface area contributed by atoms with Crippen molar-refractivity contribution in [2.45, 2.75) is 25.7 Å². The molecule has 96 valence electrons. The van der Waals surface area contributed by atoms with E-state index in [-0.39, 0.29) is 0 Å². The van der Waals surface area contributed by atoms with Crippen LogP contribution in [0.5, 0.6) is 5.75 Å². The molecule has 0 saturated carbocycles. The van der Waals surface area contributed by atoms with Crippen LogP contribution in [0.25, 0.3) is 10.9 Å². The van der Waals surface area contributed by atoms with Crippen LogP contribution in [-0.4, -0.2) is 25.2 Å². The lowest BCUT2D eigenvalue weighted by Crippen LogP contribution is -2.26. The fraction of sp³-hybridized carbons (Fsp3) is 0.467. The van der Waals surface area contributed by atoms with Gasteiger partial charge in [0.05, 0.1) is 7.11 Å². The first-order valence-electron chi connectivity index (χ1n) is 6.66. The second kappa shape index (κ2) is 4.65. The lowest BCUT2D eigenvalue weighted by Gasteiger charge is -2.22. The van der Waals surface area contributed by atoms with Gasteiger partial charge in [-0.05, 0) is 62.0 Å². The Bertz CT molecular complexity index is 553. The van der Waals surface area contributed by atoms with Gasteiger partial charge in [-0.25, -0.2) is 0 Å². The summed E-state index contributed by atoms with van der Waals surface area (Å²) < 4.78 is 5.39. The van der Waals surface area contributed by atoms with E-state index in [1.54, 1.807) is 7.11 Å². The highest BCUT2D eigenvalue weighted by atomic mass is 16.5. The van der Waals surface area contributed by atoms with Gasteiger partial charge in [-0.3, -0.25) is 0 Å². The van der Waals surface area contributed by atoms with Gasteiger partial charge < -0.3 is 15.0 Å². The van der Waals surface area contributed by atoms with Crippen molar-refractivity contribution in [2.75, 3.05) is 20.2 Å². The summed E-state index contributed by atoms with van der Waals surface area (Å²) in [5, 5.41) is 4.76. The summed E-state index contributed by atoms with van der Waals surface area (Å²) in [4.78, 5) is 3.43. The molecule has 0 spiro atoms. The molecule has 0 radical (unpaired) electrons. The maximum absolute atomic E-state index is 5.39. The lowest BCUT2D eigenvalue weighted by atomic mass is 9.89. The van der Waals surface area contributed by atoms with Gasteiger partial charge in [-0.15, -0.1) is 0 Å². The van der Waals surface area contributed by atoms with Gasteiger partial charge in [0.2, 0.25) is 0 Å². The molecule has 2 heterocycles. The SMILES string of the molecule is COc1cc(C)c2[nH]cc(C3CCNCC3)c2c1. The third-order valence-corrected chi connectivity index (χ3v) is 4.01. The van der Waals surface area contributed by atoms with Crippen LogP contribution in [0.15, 0.2) is 18.3 Å². The molecule has 3 heteroatoms. The number of hydrogen-bond acceptors (Lipinski definition) is 2. The lowest BCUT2D eigenvalue weighted by molar-refractivity contribution is 0.415. The molecule has 3 rings (SSSR count). The maximum Gasteiger partial charge on any atom is 0.119 e. The van der Waals surface area contributed by atoms with Crippen molar-refractivity contribution in [2.24, 2.45) is 0 Å². The molecule has 3 nitrogen and oxygen atoms in total. The molecule has 0 amide bonds. The third-order valence-electron chi connectivity index (χ3n) is 4.01. The molecule has 1 fully saturated rings. The van der Waals surface area contributed by atoms with E-state index in [4.69, 9.17) is 4.74 Å². The van der Waals surface area contributed by atoms with E-state index in [1.807, 2.05) is 0 Å². The topological polar surface area (TPSA) is 37.0 Å². The molecule has 18 heavy (non-hydrogen) atoms. The Hall–Kier alpha value is -1.48. The van der Waals surface area contributed by atoms with Crippen molar-refractivity contribution in [3.05, 3.63) is 29.5 Å². The first kappa shape index (κ1) is 11.6. The average molecular weight is 244 g/mol. The van der Waals surface area contributed by atoms with Crippen LogP contribution in [0.3, 0.4) is 0 Å². The van der Waals surface area contributed by atoms with Gasteiger partial charge in [-0.2, -0.15) is 0 Å². The number of H-pyrrole nitrogens is 1. The number of aryl methyl sites for hydroxylation is 1. The predicted octanol–water partition coefficient (Wildman–Crippen LogP) is 2.95. The average Bonchev–Trinajstić information content (AvgIpc) is 2.84. The number of rotatable bonds is 2. The number of benzene rings is 1. The first-order chi connectivity index (χ1) is 8.79. The molecule has 1 aromatic heterocycles. The zero-order valence-electron chi connectivity index (χ0n) is 11.0. The summed E-state index contributed by atoms with van der Waals surface area (Å²) in [7, 11) is 1.73. The Labute approximate surface area is 108 Å². The first-order valence-corrected chi connectivity index (χ1v) is 6.66. The van der Waals surface area contributed by atoms with Crippen LogP contribution >= 0.6 is 0 Å². The fourth-order valence-electron chi connectivity index (χ4n) is 2.99. The minimum Gasteiger partial charge on any atom is -0.497 e. The highest BCUT2D eigenvalue weighted by Gasteiger charge is 2.19. The van der Waals surface area contributed by atoms with Crippen molar-refractivity contribution in [1.82, 2.24) is 10.3 Å². The quantitative estimate of drug-likeness (QED) is 0.852. The van der Waals surface area contributed by atoms with Crippen LogP contribution in [0.1, 0.15) is 29.9 Å². The zero-order chi connectivity index (χ0) is 12.5. The maximum atomic E-state index is 5.39. The van der Waals surface area contributed by atoms with Gasteiger partial charge in [0.1, 0.15) is 5.75 Å². The predicted molar refractivity (Wildman–Crippen MR) is 74.4 cm³/mol. The van der Waals surface area contributed by atoms with Gasteiger partial charge in [0.25, 0.3) is 0 Å². The minimum atomic E-state index is 0.673. The molecular weight excluding hydrogens is 224 g/mol. The molecule has 1 aliphatic heterocycles. The molecular formula is C15H20N2O. The molecule has 0 atom stereocenters. The number of nitrogens with one attached hydrogen (secondary N) is 2. The molecule has 0 unspecified atom stereocenters. The summed E-state index contributed by atoms with van der Waals surface area (Å²) in [6, 6.07) is 4.25. The van der Waals surface area contributed by atoms with Crippen LogP contribution in [0.4, 0.5) is 0 Å². The Morgan fingerprint density at radius 3 is 2.72 bits per heavy atom. The number of piperidine rings is 1. The van der Waals surface area contributed by atoms with Crippen LogP contribution in [0.2, 0.25) is 0 Å². The molecule has 1 aliphatic rings. The van der Waals surface area contributed by atoms with E-state index < -0.39 is 0 Å². The summed E-state index contributed by atoms with van der Waals surface area (Å²) >= 11 is 0. The summed E-state index contributed by atoms with van der Waals surface area (Å²) in [5.41, 5.74) is 3.96.